The van der Waals surface area contributed by atoms with Crippen molar-refractivity contribution >= 4 is 17.7 Å². The monoisotopic (exact) mass is 508 g/mol. The summed E-state index contributed by atoms with van der Waals surface area (Å²) in [7, 11) is 0. The molecule has 4 heterocycles. The van der Waals surface area contributed by atoms with E-state index in [1.54, 1.807) is 37.3 Å². The molecule has 1 aromatic carbocycles. The van der Waals surface area contributed by atoms with Crippen molar-refractivity contribution in [2.75, 3.05) is 18.1 Å². The second-order valence-electron chi connectivity index (χ2n) is 8.67. The molecule has 1 aliphatic heterocycles. The standard InChI is InChI=1S/C25H22F2N6O4/c1-3-36-24(35)25(2)9-10-32(23(25)34)22-17(27)13-28-21(29-22)19-12-20(18-8-11-37-31-18)33(30-19)14-15-6-4-5-7-16(15)26/h4-8,11-13H,3,9-10,14H2,1-2H3. The van der Waals surface area contributed by atoms with Crippen molar-refractivity contribution < 1.29 is 27.6 Å². The van der Waals surface area contributed by atoms with E-state index in [1.807, 2.05) is 0 Å². The zero-order chi connectivity index (χ0) is 26.2. The summed E-state index contributed by atoms with van der Waals surface area (Å²) < 4.78 is 40.7. The van der Waals surface area contributed by atoms with Crippen molar-refractivity contribution in [3.8, 4) is 22.9 Å². The molecule has 12 heteroatoms. The highest BCUT2D eigenvalue weighted by Crippen LogP contribution is 2.36. The van der Waals surface area contributed by atoms with Gasteiger partial charge in [-0.3, -0.25) is 19.2 Å². The average Bonchev–Trinajstić information content (AvgIpc) is 3.62. The Morgan fingerprint density at radius 1 is 1.19 bits per heavy atom. The second kappa shape index (κ2) is 9.52. The first-order valence-corrected chi connectivity index (χ1v) is 11.6. The third kappa shape index (κ3) is 4.34. The highest BCUT2D eigenvalue weighted by atomic mass is 19.1. The Labute approximate surface area is 209 Å². The van der Waals surface area contributed by atoms with Crippen LogP contribution < -0.4 is 4.90 Å². The number of hydrogen-bond donors (Lipinski definition) is 0. The zero-order valence-corrected chi connectivity index (χ0v) is 20.0. The Morgan fingerprint density at radius 2 is 2.00 bits per heavy atom. The number of benzene rings is 1. The van der Waals surface area contributed by atoms with Crippen molar-refractivity contribution in [1.82, 2.24) is 24.9 Å². The molecule has 1 aliphatic rings. The molecule has 0 N–H and O–H groups in total. The van der Waals surface area contributed by atoms with Crippen LogP contribution in [0.2, 0.25) is 0 Å². The van der Waals surface area contributed by atoms with Gasteiger partial charge in [-0.1, -0.05) is 23.4 Å². The number of aromatic nitrogens is 5. The van der Waals surface area contributed by atoms with E-state index >= 15 is 0 Å². The number of carbonyl (C=O) groups excluding carboxylic acids is 2. The minimum atomic E-state index is -1.44. The molecule has 1 amide bonds. The molecule has 5 rings (SSSR count). The molecule has 37 heavy (non-hydrogen) atoms. The molecule has 0 radical (unpaired) electrons. The van der Waals surface area contributed by atoms with Gasteiger partial charge in [0.1, 0.15) is 28.9 Å². The van der Waals surface area contributed by atoms with Gasteiger partial charge in [0.2, 0.25) is 5.91 Å². The number of hydrogen-bond acceptors (Lipinski definition) is 8. The Morgan fingerprint density at radius 3 is 2.73 bits per heavy atom. The molecule has 3 aromatic heterocycles. The third-order valence-corrected chi connectivity index (χ3v) is 6.25. The molecule has 1 unspecified atom stereocenters. The van der Waals surface area contributed by atoms with Crippen molar-refractivity contribution in [1.29, 1.82) is 0 Å². The van der Waals surface area contributed by atoms with Gasteiger partial charge in [-0.05, 0) is 32.4 Å². The smallest absolute Gasteiger partial charge is 0.321 e. The van der Waals surface area contributed by atoms with Gasteiger partial charge in [0.15, 0.2) is 17.5 Å². The van der Waals surface area contributed by atoms with Gasteiger partial charge < -0.3 is 9.26 Å². The van der Waals surface area contributed by atoms with Crippen LogP contribution in [-0.4, -0.2) is 49.9 Å². The fraction of sp³-hybridized carbons (Fsp3) is 0.280. The topological polar surface area (TPSA) is 116 Å². The summed E-state index contributed by atoms with van der Waals surface area (Å²) >= 11 is 0. The number of nitrogens with zero attached hydrogens (tertiary/aromatic N) is 6. The second-order valence-corrected chi connectivity index (χ2v) is 8.67. The summed E-state index contributed by atoms with van der Waals surface area (Å²) in [6.07, 6.45) is 2.48. The molecule has 1 fully saturated rings. The Bertz CT molecular complexity index is 1470. The van der Waals surface area contributed by atoms with Crippen LogP contribution in [0.4, 0.5) is 14.6 Å². The van der Waals surface area contributed by atoms with E-state index in [-0.39, 0.29) is 43.5 Å². The van der Waals surface area contributed by atoms with E-state index in [1.165, 1.54) is 23.9 Å². The highest BCUT2D eigenvalue weighted by molar-refractivity contribution is 6.11. The van der Waals surface area contributed by atoms with E-state index in [4.69, 9.17) is 9.26 Å². The predicted molar refractivity (Wildman–Crippen MR) is 126 cm³/mol. The van der Waals surface area contributed by atoms with Crippen molar-refractivity contribution in [2.24, 2.45) is 5.41 Å². The minimum absolute atomic E-state index is 0.0333. The van der Waals surface area contributed by atoms with E-state index in [2.05, 4.69) is 20.2 Å². The summed E-state index contributed by atoms with van der Waals surface area (Å²) in [6, 6.07) is 9.52. The van der Waals surface area contributed by atoms with Crippen LogP contribution in [0.1, 0.15) is 25.8 Å². The lowest BCUT2D eigenvalue weighted by atomic mass is 9.89. The Hall–Kier alpha value is -4.48. The number of halogens is 2. The van der Waals surface area contributed by atoms with Gasteiger partial charge in [0, 0.05) is 18.2 Å². The zero-order valence-electron chi connectivity index (χ0n) is 20.0. The molecule has 1 saturated heterocycles. The first-order valence-electron chi connectivity index (χ1n) is 11.6. The lowest BCUT2D eigenvalue weighted by Gasteiger charge is -2.21. The van der Waals surface area contributed by atoms with Crippen molar-refractivity contribution in [3.05, 3.63) is 66.1 Å². The largest absolute Gasteiger partial charge is 0.465 e. The average molecular weight is 508 g/mol. The highest BCUT2D eigenvalue weighted by Gasteiger charge is 2.51. The molecule has 0 aliphatic carbocycles. The molecule has 190 valence electrons. The lowest BCUT2D eigenvalue weighted by Crippen LogP contribution is -2.40. The summed E-state index contributed by atoms with van der Waals surface area (Å²) in [6.45, 7) is 3.39. The maximum absolute atomic E-state index is 14.8. The maximum Gasteiger partial charge on any atom is 0.321 e. The maximum atomic E-state index is 14.8. The Balaban J connectivity index is 1.52. The summed E-state index contributed by atoms with van der Waals surface area (Å²) in [5.74, 6) is -2.74. The molecule has 1 atom stereocenters. The summed E-state index contributed by atoms with van der Waals surface area (Å²) in [4.78, 5) is 35.0. The predicted octanol–water partition coefficient (Wildman–Crippen LogP) is 3.63. The SMILES string of the molecule is CCOC(=O)C1(C)CCN(c2nc(-c3cc(-c4ccon4)n(Cc4ccccc4F)n3)ncc2F)C1=O. The number of carbonyl (C=O) groups is 2. The number of amides is 1. The van der Waals surface area contributed by atoms with Crippen LogP contribution in [0.25, 0.3) is 22.9 Å². The number of anilines is 1. The van der Waals surface area contributed by atoms with Gasteiger partial charge in [-0.2, -0.15) is 5.10 Å². The van der Waals surface area contributed by atoms with Gasteiger partial charge in [0.25, 0.3) is 0 Å². The summed E-state index contributed by atoms with van der Waals surface area (Å²) in [5.41, 5.74) is 0.138. The van der Waals surface area contributed by atoms with Crippen molar-refractivity contribution in [3.63, 3.8) is 0 Å². The third-order valence-electron chi connectivity index (χ3n) is 6.25. The first-order chi connectivity index (χ1) is 17.8. The molecule has 0 bridgehead atoms. The Kier molecular flexibility index (Phi) is 6.24. The van der Waals surface area contributed by atoms with Crippen LogP contribution in [-0.2, 0) is 20.9 Å². The molecule has 0 spiro atoms. The van der Waals surface area contributed by atoms with Crippen LogP contribution >= 0.6 is 0 Å². The quantitative estimate of drug-likeness (QED) is 0.275. The van der Waals surface area contributed by atoms with Gasteiger partial charge in [-0.15, -0.1) is 0 Å². The fourth-order valence-corrected chi connectivity index (χ4v) is 4.18. The van der Waals surface area contributed by atoms with E-state index in [9.17, 15) is 18.4 Å². The first kappa shape index (κ1) is 24.2. The van der Waals surface area contributed by atoms with E-state index in [0.29, 0.717) is 17.0 Å². The normalized spacial score (nSPS) is 17.4. The molecule has 4 aromatic rings. The van der Waals surface area contributed by atoms with Crippen LogP contribution in [0, 0.1) is 17.0 Å². The molecule has 10 nitrogen and oxygen atoms in total. The molecule has 0 saturated carbocycles. The number of ether oxygens (including phenoxy) is 1. The lowest BCUT2D eigenvalue weighted by molar-refractivity contribution is -0.157. The molecular weight excluding hydrogens is 486 g/mol. The summed E-state index contributed by atoms with van der Waals surface area (Å²) in [5, 5.41) is 8.46. The number of esters is 1. The number of rotatable bonds is 7. The van der Waals surface area contributed by atoms with Crippen molar-refractivity contribution in [2.45, 2.75) is 26.8 Å². The minimum Gasteiger partial charge on any atom is -0.465 e. The van der Waals surface area contributed by atoms with Crippen LogP contribution in [0.3, 0.4) is 0 Å². The van der Waals surface area contributed by atoms with E-state index in [0.717, 1.165) is 11.1 Å². The van der Waals surface area contributed by atoms with Gasteiger partial charge in [-0.25, -0.2) is 18.7 Å². The van der Waals surface area contributed by atoms with E-state index < -0.39 is 28.9 Å². The van der Waals surface area contributed by atoms with Crippen LogP contribution in [0.15, 0.2) is 53.4 Å². The van der Waals surface area contributed by atoms with Gasteiger partial charge >= 0.3 is 5.97 Å². The fourth-order valence-electron chi connectivity index (χ4n) is 4.18. The molecular formula is C25H22F2N6O4. The van der Waals surface area contributed by atoms with Gasteiger partial charge in [0.05, 0.1) is 25.0 Å². The van der Waals surface area contributed by atoms with Crippen LogP contribution in [0.5, 0.6) is 0 Å².